The van der Waals surface area contributed by atoms with Crippen LogP contribution in [0.25, 0.3) is 0 Å². The average molecular weight is 284 g/mol. The van der Waals surface area contributed by atoms with E-state index in [0.29, 0.717) is 0 Å². The van der Waals surface area contributed by atoms with Crippen molar-refractivity contribution in [3.8, 4) is 6.07 Å². The predicted molar refractivity (Wildman–Crippen MR) is 79.5 cm³/mol. The molecule has 2 atom stereocenters. The second-order valence-corrected chi connectivity index (χ2v) is 5.02. The van der Waals surface area contributed by atoms with E-state index in [0.717, 1.165) is 11.1 Å². The fourth-order valence-electron chi connectivity index (χ4n) is 2.36. The minimum atomic E-state index is -0.421. The van der Waals surface area contributed by atoms with Gasteiger partial charge in [0.2, 0.25) is 5.24 Å². The third kappa shape index (κ3) is 3.46. The van der Waals surface area contributed by atoms with Crippen LogP contribution in [0.3, 0.4) is 0 Å². The Hall–Kier alpha value is -2.11. The smallest absolute Gasteiger partial charge is 0.222 e. The van der Waals surface area contributed by atoms with Gasteiger partial charge in [-0.15, -0.1) is 0 Å². The van der Waals surface area contributed by atoms with Gasteiger partial charge in [-0.2, -0.15) is 5.26 Å². The minimum absolute atomic E-state index is 0.151. The Labute approximate surface area is 123 Å². The Morgan fingerprint density at radius 1 is 1.00 bits per heavy atom. The van der Waals surface area contributed by atoms with Crippen molar-refractivity contribution in [1.29, 1.82) is 5.26 Å². The summed E-state index contributed by atoms with van der Waals surface area (Å²) in [5, 5.41) is 9.10. The number of carbonyl (C=O) groups excluding carboxylic acids is 1. The number of benzene rings is 2. The zero-order chi connectivity index (χ0) is 14.4. The van der Waals surface area contributed by atoms with E-state index < -0.39 is 5.24 Å². The van der Waals surface area contributed by atoms with Crippen molar-refractivity contribution >= 4 is 16.8 Å². The maximum atomic E-state index is 11.3. The van der Waals surface area contributed by atoms with Crippen molar-refractivity contribution in [1.82, 2.24) is 0 Å². The van der Waals surface area contributed by atoms with Crippen LogP contribution in [-0.4, -0.2) is 5.24 Å². The summed E-state index contributed by atoms with van der Waals surface area (Å²) in [6, 6.07) is 21.4. The molecular formula is C17H14ClNO. The highest BCUT2D eigenvalue weighted by Crippen LogP contribution is 2.35. The molecule has 0 aliphatic rings. The molecule has 0 bridgehead atoms. The Morgan fingerprint density at radius 3 is 1.95 bits per heavy atom. The lowest BCUT2D eigenvalue weighted by Crippen LogP contribution is -2.12. The average Bonchev–Trinajstić information content (AvgIpc) is 2.49. The Morgan fingerprint density at radius 2 is 1.50 bits per heavy atom. The standard InChI is InChI=1S/C17H14ClNO/c18-17(20)11-15(13-7-3-1-4-8-13)16(12-19)14-9-5-2-6-10-14/h1-10,15-16H,11H2. The molecule has 0 saturated carbocycles. The molecule has 2 unspecified atom stereocenters. The van der Waals surface area contributed by atoms with Gasteiger partial charge in [-0.25, -0.2) is 0 Å². The van der Waals surface area contributed by atoms with Gasteiger partial charge in [0.05, 0.1) is 12.0 Å². The topological polar surface area (TPSA) is 40.9 Å². The first-order valence-electron chi connectivity index (χ1n) is 6.40. The number of hydrogen-bond acceptors (Lipinski definition) is 2. The molecule has 2 nitrogen and oxygen atoms in total. The lowest BCUT2D eigenvalue weighted by Gasteiger charge is -2.21. The Bertz CT molecular complexity index is 604. The van der Waals surface area contributed by atoms with Gasteiger partial charge in [0.25, 0.3) is 0 Å². The monoisotopic (exact) mass is 283 g/mol. The van der Waals surface area contributed by atoms with E-state index in [1.54, 1.807) is 0 Å². The van der Waals surface area contributed by atoms with Crippen LogP contribution < -0.4 is 0 Å². The highest BCUT2D eigenvalue weighted by Gasteiger charge is 2.26. The second kappa shape index (κ2) is 6.88. The molecule has 3 heteroatoms. The largest absolute Gasteiger partial charge is 0.281 e. The third-order valence-electron chi connectivity index (χ3n) is 3.31. The summed E-state index contributed by atoms with van der Waals surface area (Å²) in [5.74, 6) is -0.616. The van der Waals surface area contributed by atoms with Gasteiger partial charge in [0.15, 0.2) is 0 Å². The maximum absolute atomic E-state index is 11.3. The normalized spacial score (nSPS) is 13.2. The fourth-order valence-corrected chi connectivity index (χ4v) is 2.52. The molecule has 0 spiro atoms. The van der Waals surface area contributed by atoms with E-state index >= 15 is 0 Å². The van der Waals surface area contributed by atoms with E-state index in [1.165, 1.54) is 0 Å². The molecule has 0 heterocycles. The molecule has 0 aromatic heterocycles. The number of halogens is 1. The summed E-state index contributed by atoms with van der Waals surface area (Å²) in [4.78, 5) is 11.3. The van der Waals surface area contributed by atoms with Crippen LogP contribution in [0.4, 0.5) is 0 Å². The van der Waals surface area contributed by atoms with Gasteiger partial charge >= 0.3 is 0 Å². The molecule has 0 saturated heterocycles. The van der Waals surface area contributed by atoms with Crippen molar-refractivity contribution in [2.75, 3.05) is 0 Å². The van der Waals surface area contributed by atoms with Crippen LogP contribution in [0.5, 0.6) is 0 Å². The van der Waals surface area contributed by atoms with Crippen molar-refractivity contribution in [3.63, 3.8) is 0 Å². The third-order valence-corrected chi connectivity index (χ3v) is 3.46. The van der Waals surface area contributed by atoms with Gasteiger partial charge < -0.3 is 0 Å². The summed E-state index contributed by atoms with van der Waals surface area (Å²) < 4.78 is 0. The summed E-state index contributed by atoms with van der Waals surface area (Å²) in [6.07, 6.45) is 0.151. The molecule has 0 radical (unpaired) electrons. The molecule has 2 rings (SSSR count). The fraction of sp³-hybridized carbons (Fsp3) is 0.176. The van der Waals surface area contributed by atoms with Crippen LogP contribution in [0.15, 0.2) is 60.7 Å². The van der Waals surface area contributed by atoms with Crippen LogP contribution in [-0.2, 0) is 4.79 Å². The Kier molecular flexibility index (Phi) is 4.92. The molecule has 0 N–H and O–H groups in total. The van der Waals surface area contributed by atoms with Gasteiger partial charge in [0.1, 0.15) is 0 Å². The van der Waals surface area contributed by atoms with E-state index in [-0.39, 0.29) is 18.3 Å². The lowest BCUT2D eigenvalue weighted by molar-refractivity contribution is -0.112. The van der Waals surface area contributed by atoms with Gasteiger partial charge in [0, 0.05) is 12.3 Å². The quantitative estimate of drug-likeness (QED) is 0.770. The number of nitrogens with zero attached hydrogens (tertiary/aromatic N) is 1. The zero-order valence-corrected chi connectivity index (χ0v) is 11.6. The number of rotatable bonds is 5. The predicted octanol–water partition coefficient (Wildman–Crippen LogP) is 4.23. The minimum Gasteiger partial charge on any atom is -0.281 e. The van der Waals surface area contributed by atoms with Gasteiger partial charge in [-0.3, -0.25) is 4.79 Å². The number of hydrogen-bond donors (Lipinski definition) is 0. The maximum Gasteiger partial charge on any atom is 0.222 e. The van der Waals surface area contributed by atoms with Crippen molar-refractivity contribution < 1.29 is 4.79 Å². The highest BCUT2D eigenvalue weighted by atomic mass is 35.5. The first-order valence-corrected chi connectivity index (χ1v) is 6.78. The molecule has 0 amide bonds. The molecule has 2 aromatic carbocycles. The van der Waals surface area contributed by atoms with Crippen LogP contribution in [0.2, 0.25) is 0 Å². The van der Waals surface area contributed by atoms with Crippen molar-refractivity contribution in [3.05, 3.63) is 71.8 Å². The second-order valence-electron chi connectivity index (χ2n) is 4.59. The van der Waals surface area contributed by atoms with Crippen LogP contribution >= 0.6 is 11.6 Å². The van der Waals surface area contributed by atoms with Crippen molar-refractivity contribution in [2.24, 2.45) is 0 Å². The molecule has 0 fully saturated rings. The Balaban J connectivity index is 2.40. The lowest BCUT2D eigenvalue weighted by atomic mass is 9.80. The summed E-state index contributed by atoms with van der Waals surface area (Å²) >= 11 is 5.56. The van der Waals surface area contributed by atoms with Crippen LogP contribution in [0.1, 0.15) is 29.4 Å². The number of nitriles is 1. The SMILES string of the molecule is N#CC(c1ccccc1)C(CC(=O)Cl)c1ccccc1. The van der Waals surface area contributed by atoms with E-state index in [9.17, 15) is 10.1 Å². The molecule has 0 aliphatic heterocycles. The van der Waals surface area contributed by atoms with E-state index in [2.05, 4.69) is 6.07 Å². The molecular weight excluding hydrogens is 270 g/mol. The highest BCUT2D eigenvalue weighted by molar-refractivity contribution is 6.63. The molecule has 2 aromatic rings. The summed E-state index contributed by atoms with van der Waals surface area (Å²) in [5.41, 5.74) is 1.86. The molecule has 0 aliphatic carbocycles. The van der Waals surface area contributed by atoms with Gasteiger partial charge in [-0.1, -0.05) is 60.7 Å². The van der Waals surface area contributed by atoms with Gasteiger partial charge in [-0.05, 0) is 22.7 Å². The van der Waals surface area contributed by atoms with E-state index in [4.69, 9.17) is 11.6 Å². The summed E-state index contributed by atoms with van der Waals surface area (Å²) in [6.45, 7) is 0. The zero-order valence-electron chi connectivity index (χ0n) is 10.9. The molecule has 20 heavy (non-hydrogen) atoms. The van der Waals surface area contributed by atoms with E-state index in [1.807, 2.05) is 60.7 Å². The first-order chi connectivity index (χ1) is 9.72. The van der Waals surface area contributed by atoms with Crippen molar-refractivity contribution in [2.45, 2.75) is 18.3 Å². The summed E-state index contributed by atoms with van der Waals surface area (Å²) in [7, 11) is 0. The first kappa shape index (κ1) is 14.3. The number of carbonyl (C=O) groups is 1. The van der Waals surface area contributed by atoms with Crippen LogP contribution in [0, 0.1) is 11.3 Å². The molecule has 100 valence electrons.